The largest absolute Gasteiger partial charge is 0.472 e. The van der Waals surface area contributed by atoms with Gasteiger partial charge in [0.05, 0.1) is 12.5 Å². The SMILES string of the molecule is CC(NC1C2CCCC21)c1ccoc1. The van der Waals surface area contributed by atoms with E-state index in [-0.39, 0.29) is 0 Å². The van der Waals surface area contributed by atoms with Crippen LogP contribution >= 0.6 is 0 Å². The third kappa shape index (κ3) is 1.29. The Balaban J connectivity index is 1.59. The normalized spacial score (nSPS) is 36.8. The third-order valence-corrected chi connectivity index (χ3v) is 3.89. The molecule has 0 radical (unpaired) electrons. The Bertz CT molecular complexity index is 296. The number of fused-ring (bicyclic) bond motifs is 1. The van der Waals surface area contributed by atoms with Crippen LogP contribution in [0.3, 0.4) is 0 Å². The zero-order chi connectivity index (χ0) is 9.54. The van der Waals surface area contributed by atoms with Crippen LogP contribution in [0, 0.1) is 11.8 Å². The predicted octanol–water partition coefficient (Wildman–Crippen LogP) is 2.73. The summed E-state index contributed by atoms with van der Waals surface area (Å²) in [5.41, 5.74) is 1.27. The van der Waals surface area contributed by atoms with Gasteiger partial charge in [-0.1, -0.05) is 6.42 Å². The average molecular weight is 191 g/mol. The molecule has 0 amide bonds. The topological polar surface area (TPSA) is 25.2 Å². The lowest BCUT2D eigenvalue weighted by atomic mass is 10.1. The monoisotopic (exact) mass is 191 g/mol. The maximum atomic E-state index is 5.09. The number of hydrogen-bond acceptors (Lipinski definition) is 2. The molecule has 2 nitrogen and oxygen atoms in total. The van der Waals surface area contributed by atoms with E-state index in [0.717, 1.165) is 17.9 Å². The molecule has 0 bridgehead atoms. The van der Waals surface area contributed by atoms with E-state index in [9.17, 15) is 0 Å². The molecule has 1 aromatic heterocycles. The number of furan rings is 1. The first-order valence-corrected chi connectivity index (χ1v) is 5.64. The summed E-state index contributed by atoms with van der Waals surface area (Å²) in [4.78, 5) is 0. The van der Waals surface area contributed by atoms with Crippen LogP contribution in [0.1, 0.15) is 37.8 Å². The van der Waals surface area contributed by atoms with Crippen LogP contribution in [0.15, 0.2) is 23.0 Å². The molecular weight excluding hydrogens is 174 g/mol. The molecule has 0 aliphatic heterocycles. The van der Waals surface area contributed by atoms with Crippen molar-refractivity contribution in [3.05, 3.63) is 24.2 Å². The van der Waals surface area contributed by atoms with Crippen LogP contribution in [0.25, 0.3) is 0 Å². The van der Waals surface area contributed by atoms with Crippen molar-refractivity contribution in [3.63, 3.8) is 0 Å². The van der Waals surface area contributed by atoms with Crippen LogP contribution < -0.4 is 5.32 Å². The molecule has 1 aromatic rings. The van der Waals surface area contributed by atoms with Gasteiger partial charge in [-0.15, -0.1) is 0 Å². The van der Waals surface area contributed by atoms with E-state index in [0.29, 0.717) is 6.04 Å². The first-order chi connectivity index (χ1) is 6.86. The van der Waals surface area contributed by atoms with Gasteiger partial charge in [0, 0.05) is 17.6 Å². The van der Waals surface area contributed by atoms with E-state index in [1.807, 2.05) is 6.26 Å². The minimum atomic E-state index is 0.448. The standard InChI is InChI=1S/C12H17NO/c1-8(9-5-6-14-7-9)13-12-10-3-2-4-11(10)12/h5-8,10-13H,2-4H2,1H3. The number of nitrogens with one attached hydrogen (secondary N) is 1. The summed E-state index contributed by atoms with van der Waals surface area (Å²) in [7, 11) is 0. The molecule has 2 saturated carbocycles. The van der Waals surface area contributed by atoms with Gasteiger partial charge in [0.25, 0.3) is 0 Å². The Morgan fingerprint density at radius 1 is 1.43 bits per heavy atom. The van der Waals surface area contributed by atoms with Gasteiger partial charge in [-0.3, -0.25) is 0 Å². The van der Waals surface area contributed by atoms with Gasteiger partial charge in [-0.25, -0.2) is 0 Å². The summed E-state index contributed by atoms with van der Waals surface area (Å²) in [6.45, 7) is 2.22. The molecule has 3 atom stereocenters. The molecule has 3 unspecified atom stereocenters. The molecule has 14 heavy (non-hydrogen) atoms. The Morgan fingerprint density at radius 3 is 2.86 bits per heavy atom. The molecule has 0 spiro atoms. The second kappa shape index (κ2) is 3.13. The zero-order valence-corrected chi connectivity index (χ0v) is 8.57. The molecule has 2 aliphatic carbocycles. The highest BCUT2D eigenvalue weighted by Crippen LogP contribution is 2.52. The highest BCUT2D eigenvalue weighted by molar-refractivity contribution is 5.14. The third-order valence-electron chi connectivity index (χ3n) is 3.89. The second-order valence-electron chi connectivity index (χ2n) is 4.73. The summed E-state index contributed by atoms with van der Waals surface area (Å²) in [6, 6.07) is 3.30. The molecule has 2 aliphatic rings. The van der Waals surface area contributed by atoms with Crippen molar-refractivity contribution in [3.8, 4) is 0 Å². The highest BCUT2D eigenvalue weighted by Gasteiger charge is 2.52. The molecule has 0 aromatic carbocycles. The van der Waals surface area contributed by atoms with Crippen LogP contribution in [-0.4, -0.2) is 6.04 Å². The molecule has 2 fully saturated rings. The number of hydrogen-bond donors (Lipinski definition) is 1. The van der Waals surface area contributed by atoms with Crippen molar-refractivity contribution in [2.45, 2.75) is 38.3 Å². The van der Waals surface area contributed by atoms with Gasteiger partial charge in [0.1, 0.15) is 0 Å². The van der Waals surface area contributed by atoms with Gasteiger partial charge in [0.15, 0.2) is 0 Å². The van der Waals surface area contributed by atoms with Crippen molar-refractivity contribution in [2.24, 2.45) is 11.8 Å². The molecule has 1 heterocycles. The Kier molecular flexibility index (Phi) is 1.91. The van der Waals surface area contributed by atoms with E-state index in [4.69, 9.17) is 4.42 Å². The summed E-state index contributed by atoms with van der Waals surface area (Å²) in [5.74, 6) is 1.98. The van der Waals surface area contributed by atoms with Crippen molar-refractivity contribution in [1.29, 1.82) is 0 Å². The van der Waals surface area contributed by atoms with Crippen LogP contribution in [0.4, 0.5) is 0 Å². The summed E-state index contributed by atoms with van der Waals surface area (Å²) in [6.07, 6.45) is 7.94. The van der Waals surface area contributed by atoms with Crippen molar-refractivity contribution >= 4 is 0 Å². The van der Waals surface area contributed by atoms with E-state index in [1.54, 1.807) is 6.26 Å². The fourth-order valence-electron chi connectivity index (χ4n) is 2.98. The van der Waals surface area contributed by atoms with E-state index >= 15 is 0 Å². The predicted molar refractivity (Wildman–Crippen MR) is 54.9 cm³/mol. The minimum Gasteiger partial charge on any atom is -0.472 e. The summed E-state index contributed by atoms with van der Waals surface area (Å²) < 4.78 is 5.09. The molecule has 0 saturated heterocycles. The quantitative estimate of drug-likeness (QED) is 0.794. The molecule has 76 valence electrons. The average Bonchev–Trinajstić information content (AvgIpc) is 2.75. The van der Waals surface area contributed by atoms with Gasteiger partial charge in [-0.2, -0.15) is 0 Å². The van der Waals surface area contributed by atoms with E-state index in [1.165, 1.54) is 24.8 Å². The lowest BCUT2D eigenvalue weighted by Crippen LogP contribution is -2.23. The fraction of sp³-hybridized carbons (Fsp3) is 0.667. The highest BCUT2D eigenvalue weighted by atomic mass is 16.3. The van der Waals surface area contributed by atoms with Gasteiger partial charge >= 0.3 is 0 Å². The molecule has 2 heteroatoms. The fourth-order valence-corrected chi connectivity index (χ4v) is 2.98. The maximum absolute atomic E-state index is 5.09. The molecule has 1 N–H and O–H groups in total. The lowest BCUT2D eigenvalue weighted by Gasteiger charge is -2.13. The van der Waals surface area contributed by atoms with Gasteiger partial charge in [-0.05, 0) is 37.7 Å². The summed E-state index contributed by atoms with van der Waals surface area (Å²) in [5, 5.41) is 3.70. The second-order valence-corrected chi connectivity index (χ2v) is 4.73. The van der Waals surface area contributed by atoms with Gasteiger partial charge < -0.3 is 9.73 Å². The minimum absolute atomic E-state index is 0.448. The van der Waals surface area contributed by atoms with Crippen molar-refractivity contribution in [1.82, 2.24) is 5.32 Å². The Morgan fingerprint density at radius 2 is 2.21 bits per heavy atom. The van der Waals surface area contributed by atoms with Crippen LogP contribution in [-0.2, 0) is 0 Å². The van der Waals surface area contributed by atoms with Crippen LogP contribution in [0.2, 0.25) is 0 Å². The summed E-state index contributed by atoms with van der Waals surface area (Å²) >= 11 is 0. The molecule has 3 rings (SSSR count). The zero-order valence-electron chi connectivity index (χ0n) is 8.57. The Labute approximate surface area is 84.7 Å². The first-order valence-electron chi connectivity index (χ1n) is 5.64. The number of rotatable bonds is 3. The van der Waals surface area contributed by atoms with Crippen LogP contribution in [0.5, 0.6) is 0 Å². The van der Waals surface area contributed by atoms with Gasteiger partial charge in [0.2, 0.25) is 0 Å². The first kappa shape index (κ1) is 8.54. The smallest absolute Gasteiger partial charge is 0.0950 e. The van der Waals surface area contributed by atoms with Crippen molar-refractivity contribution in [2.75, 3.05) is 0 Å². The van der Waals surface area contributed by atoms with Crippen molar-refractivity contribution < 1.29 is 4.42 Å². The maximum Gasteiger partial charge on any atom is 0.0950 e. The Hall–Kier alpha value is -0.760. The molecular formula is C12H17NO. The lowest BCUT2D eigenvalue weighted by molar-refractivity contribution is 0.491. The van der Waals surface area contributed by atoms with E-state index < -0.39 is 0 Å². The van der Waals surface area contributed by atoms with E-state index in [2.05, 4.69) is 18.3 Å².